The molecule has 2 aromatic heterocycles. The molecule has 0 unspecified atom stereocenters. The van der Waals surface area contributed by atoms with Gasteiger partial charge in [0.2, 0.25) is 0 Å². The first-order valence-electron chi connectivity index (χ1n) is 7.87. The van der Waals surface area contributed by atoms with Crippen LogP contribution in [0.2, 0.25) is 0 Å². The number of carbonyl (C=O) groups is 1. The van der Waals surface area contributed by atoms with E-state index in [0.29, 0.717) is 17.0 Å². The molecule has 2 N–H and O–H groups in total. The number of ether oxygens (including phenoxy) is 1. The quantitative estimate of drug-likeness (QED) is 0.753. The average molecular weight is 351 g/mol. The normalized spacial score (nSPS) is 10.4. The van der Waals surface area contributed by atoms with Crippen LogP contribution in [0.15, 0.2) is 64.4 Å². The van der Waals surface area contributed by atoms with E-state index in [-0.39, 0.29) is 11.3 Å². The Morgan fingerprint density at radius 3 is 2.62 bits per heavy atom. The van der Waals surface area contributed by atoms with Crippen molar-refractivity contribution in [1.29, 1.82) is 0 Å². The largest absolute Gasteiger partial charge is 0.495 e. The highest BCUT2D eigenvalue weighted by Crippen LogP contribution is 2.21. The minimum Gasteiger partial charge on any atom is -0.495 e. The van der Waals surface area contributed by atoms with Crippen LogP contribution >= 0.6 is 0 Å². The molecule has 26 heavy (non-hydrogen) atoms. The topological polar surface area (TPSA) is 93.2 Å². The van der Waals surface area contributed by atoms with E-state index in [4.69, 9.17) is 4.74 Å². The van der Waals surface area contributed by atoms with E-state index in [0.717, 1.165) is 0 Å². The Morgan fingerprint density at radius 1 is 1.12 bits per heavy atom. The lowest BCUT2D eigenvalue weighted by molar-refractivity contribution is 0.102. The van der Waals surface area contributed by atoms with E-state index in [1.54, 1.807) is 49.5 Å². The summed E-state index contributed by atoms with van der Waals surface area (Å²) in [6.45, 7) is 1.66. The lowest BCUT2D eigenvalue weighted by Crippen LogP contribution is -2.30. The van der Waals surface area contributed by atoms with Crippen molar-refractivity contribution in [3.63, 3.8) is 0 Å². The summed E-state index contributed by atoms with van der Waals surface area (Å²) in [6.07, 6.45) is 3.04. The maximum atomic E-state index is 12.9. The molecule has 0 atom stereocenters. The van der Waals surface area contributed by atoms with Crippen molar-refractivity contribution in [2.24, 2.45) is 0 Å². The number of aryl methyl sites for hydroxylation is 1. The van der Waals surface area contributed by atoms with E-state index < -0.39 is 17.0 Å². The number of aromatic nitrogens is 2. The van der Waals surface area contributed by atoms with Gasteiger partial charge in [0.25, 0.3) is 17.0 Å². The summed E-state index contributed by atoms with van der Waals surface area (Å²) < 4.78 is 6.63. The van der Waals surface area contributed by atoms with E-state index >= 15 is 0 Å². The number of hydrogen-bond acceptors (Lipinski definition) is 4. The number of carbonyl (C=O) groups excluding carboxylic acids is 1. The van der Waals surface area contributed by atoms with Crippen LogP contribution in [0.1, 0.15) is 15.9 Å². The van der Waals surface area contributed by atoms with Gasteiger partial charge in [0.15, 0.2) is 0 Å². The van der Waals surface area contributed by atoms with Crippen LogP contribution in [0.3, 0.4) is 0 Å². The number of methoxy groups -OCH3 is 1. The molecule has 2 heterocycles. The molecule has 7 nitrogen and oxygen atoms in total. The number of rotatable bonds is 4. The number of hydrogen-bond donors (Lipinski definition) is 2. The van der Waals surface area contributed by atoms with E-state index in [1.807, 2.05) is 0 Å². The first-order valence-corrected chi connectivity index (χ1v) is 7.87. The van der Waals surface area contributed by atoms with Crippen LogP contribution < -0.4 is 21.2 Å². The van der Waals surface area contributed by atoms with Gasteiger partial charge >= 0.3 is 0 Å². The van der Waals surface area contributed by atoms with Crippen LogP contribution in [-0.4, -0.2) is 22.6 Å². The highest BCUT2D eigenvalue weighted by Gasteiger charge is 2.18. The van der Waals surface area contributed by atoms with Crippen molar-refractivity contribution in [3.8, 4) is 11.4 Å². The number of H-pyrrole nitrogens is 1. The van der Waals surface area contributed by atoms with Crippen LogP contribution in [0.25, 0.3) is 5.69 Å². The molecule has 3 rings (SSSR count). The number of nitrogens with zero attached hydrogens (tertiary/aromatic N) is 1. The van der Waals surface area contributed by atoms with Crippen molar-refractivity contribution in [2.45, 2.75) is 6.92 Å². The fourth-order valence-electron chi connectivity index (χ4n) is 2.63. The SMILES string of the molecule is COc1ccccc1-n1ccc(C)c(C(=O)Nc2ccc[nH]c2=O)c1=O. The summed E-state index contributed by atoms with van der Waals surface area (Å²) >= 11 is 0. The number of benzene rings is 1. The number of nitrogens with one attached hydrogen (secondary N) is 2. The first-order chi connectivity index (χ1) is 12.5. The van der Waals surface area contributed by atoms with Crippen molar-refractivity contribution in [2.75, 3.05) is 12.4 Å². The Labute approximate surface area is 148 Å². The summed E-state index contributed by atoms with van der Waals surface area (Å²) in [6, 6.07) is 11.7. The van der Waals surface area contributed by atoms with Crippen LogP contribution in [0.5, 0.6) is 5.75 Å². The number of pyridine rings is 2. The molecule has 132 valence electrons. The summed E-state index contributed by atoms with van der Waals surface area (Å²) in [4.78, 5) is 39.8. The van der Waals surface area contributed by atoms with Gasteiger partial charge in [-0.25, -0.2) is 0 Å². The number of anilines is 1. The number of aromatic amines is 1. The van der Waals surface area contributed by atoms with Gasteiger partial charge in [-0.2, -0.15) is 0 Å². The molecule has 0 radical (unpaired) electrons. The highest BCUT2D eigenvalue weighted by atomic mass is 16.5. The van der Waals surface area contributed by atoms with Crippen LogP contribution in [0, 0.1) is 6.92 Å². The lowest BCUT2D eigenvalue weighted by Gasteiger charge is -2.13. The molecule has 0 saturated heterocycles. The Balaban J connectivity index is 2.09. The minimum absolute atomic E-state index is 0.0401. The highest BCUT2D eigenvalue weighted by molar-refractivity contribution is 6.04. The van der Waals surface area contributed by atoms with Crippen molar-refractivity contribution in [3.05, 3.63) is 86.7 Å². The second kappa shape index (κ2) is 7.10. The molecule has 0 fully saturated rings. The second-order valence-electron chi connectivity index (χ2n) is 5.59. The van der Waals surface area contributed by atoms with Gasteiger partial charge < -0.3 is 15.0 Å². The third kappa shape index (κ3) is 3.14. The number of para-hydroxylation sites is 2. The van der Waals surface area contributed by atoms with E-state index in [2.05, 4.69) is 10.3 Å². The van der Waals surface area contributed by atoms with Gasteiger partial charge in [-0.3, -0.25) is 19.0 Å². The zero-order chi connectivity index (χ0) is 18.7. The van der Waals surface area contributed by atoms with Crippen molar-refractivity contribution >= 4 is 11.6 Å². The molecule has 0 aliphatic rings. The second-order valence-corrected chi connectivity index (χ2v) is 5.59. The number of amides is 1. The molecular weight excluding hydrogens is 334 g/mol. The Bertz CT molecular complexity index is 1080. The predicted molar refractivity (Wildman–Crippen MR) is 98.3 cm³/mol. The molecule has 3 aromatic rings. The van der Waals surface area contributed by atoms with Gasteiger partial charge in [-0.15, -0.1) is 0 Å². The smallest absolute Gasteiger partial charge is 0.271 e. The zero-order valence-electron chi connectivity index (χ0n) is 14.3. The molecule has 7 heteroatoms. The first kappa shape index (κ1) is 17.2. The fraction of sp³-hybridized carbons (Fsp3) is 0.105. The lowest BCUT2D eigenvalue weighted by atomic mass is 10.1. The Kier molecular flexibility index (Phi) is 4.70. The third-order valence-electron chi connectivity index (χ3n) is 3.94. The maximum absolute atomic E-state index is 12.9. The Hall–Kier alpha value is -3.61. The average Bonchev–Trinajstić information content (AvgIpc) is 2.64. The zero-order valence-corrected chi connectivity index (χ0v) is 14.3. The van der Waals surface area contributed by atoms with E-state index in [9.17, 15) is 14.4 Å². The summed E-state index contributed by atoms with van der Waals surface area (Å²) in [5.74, 6) is -0.141. The van der Waals surface area contributed by atoms with E-state index in [1.165, 1.54) is 23.9 Å². The summed E-state index contributed by atoms with van der Waals surface area (Å²) in [5, 5.41) is 2.49. The molecule has 0 saturated carbocycles. The third-order valence-corrected chi connectivity index (χ3v) is 3.94. The van der Waals surface area contributed by atoms with Gasteiger partial charge in [0.05, 0.1) is 12.8 Å². The monoisotopic (exact) mass is 351 g/mol. The predicted octanol–water partition coefficient (Wildman–Crippen LogP) is 2.10. The molecule has 1 amide bonds. The van der Waals surface area contributed by atoms with Crippen molar-refractivity contribution in [1.82, 2.24) is 9.55 Å². The van der Waals surface area contributed by atoms with Gasteiger partial charge in [-0.1, -0.05) is 12.1 Å². The van der Waals surface area contributed by atoms with Crippen LogP contribution in [0.4, 0.5) is 5.69 Å². The van der Waals surface area contributed by atoms with Gasteiger partial charge in [-0.05, 0) is 42.8 Å². The minimum atomic E-state index is -0.645. The summed E-state index contributed by atoms with van der Waals surface area (Å²) in [7, 11) is 1.51. The molecule has 0 bridgehead atoms. The molecule has 0 spiro atoms. The van der Waals surface area contributed by atoms with Gasteiger partial charge in [0, 0.05) is 12.4 Å². The molecule has 1 aromatic carbocycles. The maximum Gasteiger partial charge on any atom is 0.271 e. The van der Waals surface area contributed by atoms with Crippen molar-refractivity contribution < 1.29 is 9.53 Å². The summed E-state index contributed by atoms with van der Waals surface area (Å²) in [5.41, 5.74) is 0.113. The standard InChI is InChI=1S/C19H17N3O4/c1-12-9-11-22(14-7-3-4-8-15(14)26-2)19(25)16(12)18(24)21-13-6-5-10-20-17(13)23/h3-11H,1-2H3,(H,20,23)(H,21,24). The van der Waals surface area contributed by atoms with Crippen LogP contribution in [-0.2, 0) is 0 Å². The molecule has 0 aliphatic carbocycles. The molecule has 0 aliphatic heterocycles. The molecular formula is C19H17N3O4. The fourth-order valence-corrected chi connectivity index (χ4v) is 2.63. The Morgan fingerprint density at radius 2 is 1.88 bits per heavy atom. The van der Waals surface area contributed by atoms with Gasteiger partial charge in [0.1, 0.15) is 17.0 Å².